The average molecular weight is 448 g/mol. The summed E-state index contributed by atoms with van der Waals surface area (Å²) in [6.45, 7) is 1.83. The predicted octanol–water partition coefficient (Wildman–Crippen LogP) is 3.25. The minimum atomic E-state index is -0.572. The highest BCUT2D eigenvalue weighted by Crippen LogP contribution is 2.29. The van der Waals surface area contributed by atoms with Gasteiger partial charge in [-0.2, -0.15) is 0 Å². The molecule has 2 aromatic carbocycles. The van der Waals surface area contributed by atoms with Gasteiger partial charge in [-0.25, -0.2) is 5.01 Å². The number of furan rings is 1. The van der Waals surface area contributed by atoms with Crippen molar-refractivity contribution >= 4 is 47.0 Å². The molecule has 4 amide bonds. The molecule has 0 spiro atoms. The Balaban J connectivity index is 1.43. The lowest BCUT2D eigenvalue weighted by atomic mass is 10.0. The number of hydrazine groups is 1. The molecule has 158 valence electrons. The summed E-state index contributed by atoms with van der Waals surface area (Å²) in [5, 5.41) is 3.83. The van der Waals surface area contributed by atoms with Crippen molar-refractivity contribution < 1.29 is 23.6 Å². The van der Waals surface area contributed by atoms with E-state index < -0.39 is 23.6 Å². The molecule has 32 heavy (non-hydrogen) atoms. The Morgan fingerprint density at radius 1 is 0.906 bits per heavy atom. The van der Waals surface area contributed by atoms with Gasteiger partial charge in [0.2, 0.25) is 0 Å². The number of hydrogen-bond donors (Lipinski definition) is 2. The van der Waals surface area contributed by atoms with Crippen molar-refractivity contribution in [3.63, 3.8) is 0 Å². The summed E-state index contributed by atoms with van der Waals surface area (Å²) in [6, 6.07) is 13.0. The maximum absolute atomic E-state index is 12.8. The monoisotopic (exact) mass is 447 g/mol. The zero-order valence-electron chi connectivity index (χ0n) is 16.6. The minimum Gasteiger partial charge on any atom is -0.457 e. The summed E-state index contributed by atoms with van der Waals surface area (Å²) >= 11 is 6.13. The second kappa shape index (κ2) is 7.21. The molecule has 5 rings (SSSR count). The number of imide groups is 1. The third-order valence-electron chi connectivity index (χ3n) is 5.24. The number of hydrogen-bond acceptors (Lipinski definition) is 5. The Hall–Kier alpha value is -4.17. The molecule has 1 saturated heterocycles. The summed E-state index contributed by atoms with van der Waals surface area (Å²) in [7, 11) is 0. The Morgan fingerprint density at radius 2 is 1.69 bits per heavy atom. The van der Waals surface area contributed by atoms with Crippen molar-refractivity contribution in [2.24, 2.45) is 0 Å². The molecule has 9 heteroatoms. The van der Waals surface area contributed by atoms with Crippen molar-refractivity contribution in [1.29, 1.82) is 0 Å². The Bertz CT molecular complexity index is 1390. The first-order valence-electron chi connectivity index (χ1n) is 9.55. The van der Waals surface area contributed by atoms with Crippen LogP contribution in [0.4, 0.5) is 5.69 Å². The highest BCUT2D eigenvalue weighted by Gasteiger charge is 2.35. The van der Waals surface area contributed by atoms with Crippen LogP contribution in [0.25, 0.3) is 17.4 Å². The number of halogens is 1. The summed E-state index contributed by atoms with van der Waals surface area (Å²) in [5.41, 5.74) is 4.85. The summed E-state index contributed by atoms with van der Waals surface area (Å²) in [5.74, 6) is -1.32. The van der Waals surface area contributed by atoms with Crippen LogP contribution in [0.5, 0.6) is 0 Å². The first kappa shape index (κ1) is 19.8. The van der Waals surface area contributed by atoms with Gasteiger partial charge in [0.1, 0.15) is 17.1 Å². The smallest absolute Gasteiger partial charge is 0.282 e. The molecule has 0 saturated carbocycles. The number of benzene rings is 2. The van der Waals surface area contributed by atoms with E-state index >= 15 is 0 Å². The molecule has 0 bridgehead atoms. The predicted molar refractivity (Wildman–Crippen MR) is 116 cm³/mol. The normalized spacial score (nSPS) is 16.6. The van der Waals surface area contributed by atoms with E-state index in [0.717, 1.165) is 10.6 Å². The van der Waals surface area contributed by atoms with Crippen molar-refractivity contribution in [1.82, 2.24) is 10.7 Å². The fourth-order valence-corrected chi connectivity index (χ4v) is 3.68. The second-order valence-corrected chi connectivity index (χ2v) is 7.73. The number of rotatable bonds is 3. The molecular formula is C23H14ClN3O5. The molecular weight excluding hydrogens is 434 g/mol. The lowest BCUT2D eigenvalue weighted by molar-refractivity contribution is -0.117. The third-order valence-corrected chi connectivity index (χ3v) is 5.65. The third kappa shape index (κ3) is 3.17. The standard InChI is InChI=1S/C23H14ClN3O5/c1-11-2-4-13(9-18(11)24)27-23(31)17(22(30)26-27)10-14-5-7-19(32-14)12-3-6-15-16(8-12)21(29)25-20(15)28/h2-10H,1H3,(H,26,30)(H,25,28,29)/b17-10+. The van der Waals surface area contributed by atoms with Crippen LogP contribution in [0, 0.1) is 6.92 Å². The maximum atomic E-state index is 12.8. The van der Waals surface area contributed by atoms with E-state index in [4.69, 9.17) is 16.0 Å². The van der Waals surface area contributed by atoms with Crippen LogP contribution in [0.2, 0.25) is 5.02 Å². The summed E-state index contributed by atoms with van der Waals surface area (Å²) < 4.78 is 5.76. The van der Waals surface area contributed by atoms with E-state index in [1.165, 1.54) is 6.08 Å². The molecule has 0 aliphatic carbocycles. The van der Waals surface area contributed by atoms with Crippen LogP contribution < -0.4 is 15.8 Å². The van der Waals surface area contributed by atoms with Gasteiger partial charge in [0.15, 0.2) is 0 Å². The number of anilines is 1. The lowest BCUT2D eigenvalue weighted by Crippen LogP contribution is -2.35. The molecule has 8 nitrogen and oxygen atoms in total. The highest BCUT2D eigenvalue weighted by molar-refractivity contribution is 6.33. The van der Waals surface area contributed by atoms with Gasteiger partial charge in [-0.3, -0.25) is 29.9 Å². The van der Waals surface area contributed by atoms with Crippen LogP contribution in [0.15, 0.2) is 58.5 Å². The first-order valence-corrected chi connectivity index (χ1v) is 9.93. The van der Waals surface area contributed by atoms with E-state index in [1.807, 2.05) is 6.92 Å². The molecule has 2 aliphatic heterocycles. The second-order valence-electron chi connectivity index (χ2n) is 7.32. The largest absolute Gasteiger partial charge is 0.457 e. The number of fused-ring (bicyclic) bond motifs is 1. The quantitative estimate of drug-likeness (QED) is 0.364. The topological polar surface area (TPSA) is 109 Å². The van der Waals surface area contributed by atoms with E-state index in [2.05, 4.69) is 10.7 Å². The molecule has 3 aromatic rings. The molecule has 2 aliphatic rings. The highest BCUT2D eigenvalue weighted by atomic mass is 35.5. The molecule has 3 heterocycles. The SMILES string of the molecule is Cc1ccc(N2NC(=O)/C(=C\c3ccc(-c4ccc5c(c4)C(=O)NC5=O)o3)C2=O)cc1Cl. The van der Waals surface area contributed by atoms with E-state index in [0.29, 0.717) is 27.6 Å². The average Bonchev–Trinajstić information content (AvgIpc) is 3.43. The number of carbonyl (C=O) groups is 4. The van der Waals surface area contributed by atoms with Crippen molar-refractivity contribution in [2.45, 2.75) is 6.92 Å². The molecule has 0 atom stereocenters. The van der Waals surface area contributed by atoms with Gasteiger partial charge < -0.3 is 4.42 Å². The number of aryl methyl sites for hydroxylation is 1. The molecule has 1 aromatic heterocycles. The lowest BCUT2D eigenvalue weighted by Gasteiger charge is -2.15. The zero-order valence-corrected chi connectivity index (χ0v) is 17.3. The van der Waals surface area contributed by atoms with Crippen LogP contribution in [0.1, 0.15) is 32.0 Å². The van der Waals surface area contributed by atoms with Gasteiger partial charge >= 0.3 is 0 Å². The van der Waals surface area contributed by atoms with Gasteiger partial charge in [0, 0.05) is 10.6 Å². The van der Waals surface area contributed by atoms with Crippen LogP contribution in [-0.2, 0) is 9.59 Å². The van der Waals surface area contributed by atoms with E-state index in [9.17, 15) is 19.2 Å². The molecule has 1 fully saturated rings. The number of nitrogens with zero attached hydrogens (tertiary/aromatic N) is 1. The first-order chi connectivity index (χ1) is 15.3. The minimum absolute atomic E-state index is 0.0958. The number of nitrogens with one attached hydrogen (secondary N) is 2. The molecule has 0 unspecified atom stereocenters. The fourth-order valence-electron chi connectivity index (χ4n) is 3.51. The molecule has 0 radical (unpaired) electrons. The van der Waals surface area contributed by atoms with Crippen LogP contribution in [0.3, 0.4) is 0 Å². The van der Waals surface area contributed by atoms with Crippen molar-refractivity contribution in [3.05, 3.63) is 81.6 Å². The maximum Gasteiger partial charge on any atom is 0.282 e. The Morgan fingerprint density at radius 3 is 2.47 bits per heavy atom. The summed E-state index contributed by atoms with van der Waals surface area (Å²) in [4.78, 5) is 48.8. The van der Waals surface area contributed by atoms with Crippen molar-refractivity contribution in [2.75, 3.05) is 5.01 Å². The Kier molecular flexibility index (Phi) is 4.45. The van der Waals surface area contributed by atoms with Crippen LogP contribution in [-0.4, -0.2) is 23.6 Å². The van der Waals surface area contributed by atoms with Crippen molar-refractivity contribution in [3.8, 4) is 11.3 Å². The fraction of sp³-hybridized carbons (Fsp3) is 0.0435. The number of amides is 4. The van der Waals surface area contributed by atoms with Gasteiger partial charge in [-0.05, 0) is 55.0 Å². The van der Waals surface area contributed by atoms with Gasteiger partial charge in [-0.15, -0.1) is 0 Å². The summed E-state index contributed by atoms with van der Waals surface area (Å²) in [6.07, 6.45) is 1.35. The van der Waals surface area contributed by atoms with Gasteiger partial charge in [0.05, 0.1) is 16.8 Å². The number of carbonyl (C=O) groups excluding carboxylic acids is 4. The van der Waals surface area contributed by atoms with Crippen LogP contribution >= 0.6 is 11.6 Å². The van der Waals surface area contributed by atoms with E-state index in [-0.39, 0.29) is 16.9 Å². The zero-order chi connectivity index (χ0) is 22.6. The molecule has 2 N–H and O–H groups in total. The van der Waals surface area contributed by atoms with E-state index in [1.54, 1.807) is 48.5 Å². The Labute approximate surface area is 186 Å². The van der Waals surface area contributed by atoms with Gasteiger partial charge in [0.25, 0.3) is 23.6 Å². The van der Waals surface area contributed by atoms with Gasteiger partial charge in [-0.1, -0.05) is 23.7 Å².